The number of aromatic nitrogens is 1. The number of rotatable bonds is 6. The Kier molecular flexibility index (Phi) is 6.63. The Balaban J connectivity index is 1.19. The molecule has 2 N–H and O–H groups in total. The lowest BCUT2D eigenvalue weighted by atomic mass is 9.89. The number of benzene rings is 4. The van der Waals surface area contributed by atoms with Gasteiger partial charge >= 0.3 is 6.03 Å². The van der Waals surface area contributed by atoms with Gasteiger partial charge in [0.15, 0.2) is 0 Å². The highest BCUT2D eigenvalue weighted by atomic mass is 35.5. The van der Waals surface area contributed by atoms with Gasteiger partial charge in [-0.2, -0.15) is 0 Å². The molecule has 1 saturated heterocycles. The summed E-state index contributed by atoms with van der Waals surface area (Å²) in [6, 6.07) is 27.8. The van der Waals surface area contributed by atoms with Crippen molar-refractivity contribution in [1.29, 1.82) is 0 Å². The fraction of sp³-hybridized carbons (Fsp3) is 0.147. The first-order valence-corrected chi connectivity index (χ1v) is 14.3. The number of carbonyl (C=O) groups is 3. The highest BCUT2D eigenvalue weighted by Crippen LogP contribution is 2.45. The molecule has 2 aliphatic rings. The van der Waals surface area contributed by atoms with Gasteiger partial charge in [0.25, 0.3) is 11.8 Å². The lowest BCUT2D eigenvalue weighted by Crippen LogP contribution is -2.44. The predicted molar refractivity (Wildman–Crippen MR) is 164 cm³/mol. The van der Waals surface area contributed by atoms with E-state index in [-0.39, 0.29) is 18.4 Å². The van der Waals surface area contributed by atoms with Crippen molar-refractivity contribution in [2.45, 2.75) is 25.0 Å². The van der Waals surface area contributed by atoms with Gasteiger partial charge in [0.1, 0.15) is 17.8 Å². The number of fused-ring (bicyclic) bond motifs is 4. The lowest BCUT2D eigenvalue weighted by molar-refractivity contribution is -0.120. The van der Waals surface area contributed by atoms with E-state index < -0.39 is 18.1 Å². The minimum absolute atomic E-state index is 0.279. The van der Waals surface area contributed by atoms with Crippen LogP contribution in [0.15, 0.2) is 97.1 Å². The fourth-order valence-electron chi connectivity index (χ4n) is 6.13. The number of amides is 4. The standard InChI is InChI=1S/C34H27ClN4O4/c1-43-24-16-12-20(13-17-24)31-30-26(25-7-3-5-9-28(25)37-30)18-29-33(41)38(34(42)39(29)31)23-14-10-21(11-15-23)32(40)36-19-22-6-2-4-8-27(22)35/h2-17,29,31,37H,18-19H2,1H3,(H,36,40). The first kappa shape index (κ1) is 26.8. The number of nitrogens with one attached hydrogen (secondary N) is 2. The first-order valence-electron chi connectivity index (χ1n) is 14.0. The number of hydrogen-bond acceptors (Lipinski definition) is 4. The molecule has 2 atom stereocenters. The average Bonchev–Trinajstić information content (AvgIpc) is 3.53. The van der Waals surface area contributed by atoms with Crippen molar-refractivity contribution in [3.63, 3.8) is 0 Å². The molecule has 7 rings (SSSR count). The van der Waals surface area contributed by atoms with Gasteiger partial charge in [-0.05, 0) is 65.2 Å². The maximum atomic E-state index is 14.1. The van der Waals surface area contributed by atoms with Gasteiger partial charge in [-0.25, -0.2) is 9.69 Å². The number of aromatic amines is 1. The highest BCUT2D eigenvalue weighted by molar-refractivity contribution is 6.31. The molecule has 4 aromatic carbocycles. The molecule has 5 aromatic rings. The van der Waals surface area contributed by atoms with Crippen LogP contribution in [0.25, 0.3) is 10.9 Å². The molecule has 1 fully saturated rings. The maximum Gasteiger partial charge on any atom is 0.332 e. The number of methoxy groups -OCH3 is 1. The molecule has 2 aliphatic heterocycles. The second-order valence-electron chi connectivity index (χ2n) is 10.6. The highest BCUT2D eigenvalue weighted by Gasteiger charge is 2.53. The molecule has 214 valence electrons. The molecular formula is C34H27ClN4O4. The lowest BCUT2D eigenvalue weighted by Gasteiger charge is -2.36. The third-order valence-corrected chi connectivity index (χ3v) is 8.63. The van der Waals surface area contributed by atoms with Crippen LogP contribution in [0.5, 0.6) is 5.75 Å². The summed E-state index contributed by atoms with van der Waals surface area (Å²) in [5.41, 5.74) is 5.39. The number of imide groups is 1. The van der Waals surface area contributed by atoms with Crippen molar-refractivity contribution in [1.82, 2.24) is 15.2 Å². The minimum atomic E-state index is -0.676. The molecule has 1 aromatic heterocycles. The molecule has 8 nitrogen and oxygen atoms in total. The Morgan fingerprint density at radius 2 is 1.67 bits per heavy atom. The second kappa shape index (κ2) is 10.6. The van der Waals surface area contributed by atoms with Gasteiger partial charge in [0.05, 0.1) is 12.8 Å². The van der Waals surface area contributed by atoms with Gasteiger partial charge in [-0.15, -0.1) is 0 Å². The van der Waals surface area contributed by atoms with E-state index in [0.29, 0.717) is 28.4 Å². The molecule has 2 unspecified atom stereocenters. The van der Waals surface area contributed by atoms with Crippen LogP contribution in [0.2, 0.25) is 5.02 Å². The zero-order valence-electron chi connectivity index (χ0n) is 23.2. The van der Waals surface area contributed by atoms with Crippen molar-refractivity contribution < 1.29 is 19.1 Å². The number of nitrogens with zero attached hydrogens (tertiary/aromatic N) is 2. The van der Waals surface area contributed by atoms with E-state index in [1.165, 1.54) is 4.90 Å². The molecule has 9 heteroatoms. The fourth-order valence-corrected chi connectivity index (χ4v) is 6.33. The Labute approximate surface area is 252 Å². The first-order chi connectivity index (χ1) is 20.9. The van der Waals surface area contributed by atoms with Crippen LogP contribution < -0.4 is 15.0 Å². The van der Waals surface area contributed by atoms with Crippen LogP contribution in [-0.4, -0.2) is 40.9 Å². The van der Waals surface area contributed by atoms with E-state index in [9.17, 15) is 14.4 Å². The molecule has 0 bridgehead atoms. The van der Waals surface area contributed by atoms with Gasteiger partial charge in [0, 0.05) is 40.1 Å². The normalized spacial score (nSPS) is 17.6. The third kappa shape index (κ3) is 4.51. The summed E-state index contributed by atoms with van der Waals surface area (Å²) >= 11 is 6.21. The summed E-state index contributed by atoms with van der Waals surface area (Å²) in [4.78, 5) is 47.3. The van der Waals surface area contributed by atoms with Crippen LogP contribution in [0.4, 0.5) is 10.5 Å². The van der Waals surface area contributed by atoms with Crippen LogP contribution >= 0.6 is 11.6 Å². The zero-order valence-corrected chi connectivity index (χ0v) is 24.0. The Bertz CT molecular complexity index is 1880. The summed E-state index contributed by atoms with van der Waals surface area (Å²) in [7, 11) is 1.61. The van der Waals surface area contributed by atoms with Crippen molar-refractivity contribution in [3.8, 4) is 5.75 Å². The quantitative estimate of drug-likeness (QED) is 0.229. The largest absolute Gasteiger partial charge is 0.497 e. The summed E-state index contributed by atoms with van der Waals surface area (Å²) in [6.45, 7) is 0.279. The Hall–Kier alpha value is -5.08. The van der Waals surface area contributed by atoms with Gasteiger partial charge in [-0.1, -0.05) is 60.1 Å². The Morgan fingerprint density at radius 1 is 0.953 bits per heavy atom. The second-order valence-corrected chi connectivity index (χ2v) is 11.1. The molecule has 0 radical (unpaired) electrons. The summed E-state index contributed by atoms with van der Waals surface area (Å²) < 4.78 is 5.36. The zero-order chi connectivity index (χ0) is 29.7. The van der Waals surface area contributed by atoms with Gasteiger partial charge < -0.3 is 15.0 Å². The smallest absolute Gasteiger partial charge is 0.332 e. The summed E-state index contributed by atoms with van der Waals surface area (Å²) in [5.74, 6) is 0.123. The Morgan fingerprint density at radius 3 is 2.42 bits per heavy atom. The van der Waals surface area contributed by atoms with E-state index in [1.54, 1.807) is 42.3 Å². The van der Waals surface area contributed by atoms with Crippen LogP contribution in [0.3, 0.4) is 0 Å². The SMILES string of the molecule is COc1ccc(C2c3[nH]c4ccccc4c3CC3C(=O)N(c4ccc(C(=O)NCc5ccccc5Cl)cc4)C(=O)N32)cc1. The number of ether oxygens (including phenoxy) is 1. The monoisotopic (exact) mass is 590 g/mol. The average molecular weight is 591 g/mol. The van der Waals surface area contributed by atoms with Crippen molar-refractivity contribution >= 4 is 46.0 Å². The number of H-pyrrole nitrogens is 1. The van der Waals surface area contributed by atoms with Crippen molar-refractivity contribution in [2.24, 2.45) is 0 Å². The molecule has 0 spiro atoms. The van der Waals surface area contributed by atoms with Crippen molar-refractivity contribution in [2.75, 3.05) is 12.0 Å². The molecule has 3 heterocycles. The topological polar surface area (TPSA) is 94.7 Å². The molecule has 0 aliphatic carbocycles. The molecule has 4 amide bonds. The number of anilines is 1. The number of halogens is 1. The van der Waals surface area contributed by atoms with Crippen molar-refractivity contribution in [3.05, 3.63) is 130 Å². The maximum absolute atomic E-state index is 14.1. The van der Waals surface area contributed by atoms with Crippen LogP contribution in [0, 0.1) is 0 Å². The molecule has 0 saturated carbocycles. The van der Waals surface area contributed by atoms with E-state index in [2.05, 4.69) is 10.3 Å². The van der Waals surface area contributed by atoms with Crippen LogP contribution in [-0.2, 0) is 17.8 Å². The van der Waals surface area contributed by atoms with E-state index in [1.807, 2.05) is 66.7 Å². The predicted octanol–water partition coefficient (Wildman–Crippen LogP) is 6.24. The summed E-state index contributed by atoms with van der Waals surface area (Å²) in [5, 5.41) is 4.49. The number of hydrogen-bond donors (Lipinski definition) is 2. The minimum Gasteiger partial charge on any atom is -0.497 e. The van der Waals surface area contributed by atoms with Gasteiger partial charge in [-0.3, -0.25) is 14.5 Å². The number of carbonyl (C=O) groups excluding carboxylic acids is 3. The van der Waals surface area contributed by atoms with E-state index in [4.69, 9.17) is 16.3 Å². The van der Waals surface area contributed by atoms with Crippen LogP contribution in [0.1, 0.15) is 38.8 Å². The molecular weight excluding hydrogens is 564 g/mol. The number of para-hydroxylation sites is 1. The van der Waals surface area contributed by atoms with E-state index >= 15 is 0 Å². The molecule has 43 heavy (non-hydrogen) atoms. The van der Waals surface area contributed by atoms with E-state index in [0.717, 1.165) is 33.3 Å². The summed E-state index contributed by atoms with van der Waals surface area (Å²) in [6.07, 6.45) is 0.398. The number of urea groups is 1. The third-order valence-electron chi connectivity index (χ3n) is 8.27. The van der Waals surface area contributed by atoms with Gasteiger partial charge in [0.2, 0.25) is 0 Å².